The zero-order valence-corrected chi connectivity index (χ0v) is 20.3. The molecule has 0 aromatic carbocycles. The summed E-state index contributed by atoms with van der Waals surface area (Å²) in [5.41, 5.74) is 5.56. The van der Waals surface area contributed by atoms with Crippen LogP contribution in [0.2, 0.25) is 0 Å². The van der Waals surface area contributed by atoms with Gasteiger partial charge in [0.05, 0.1) is 0 Å². The van der Waals surface area contributed by atoms with Gasteiger partial charge in [0, 0.05) is 0 Å². The molecule has 0 N–H and O–H groups in total. The largest absolute Gasteiger partial charge is 2.00 e. The second kappa shape index (κ2) is 11.5. The van der Waals surface area contributed by atoms with E-state index in [1.807, 2.05) is 0 Å². The fourth-order valence-electron chi connectivity index (χ4n) is 4.97. The number of rotatable bonds is 6. The Labute approximate surface area is 181 Å². The van der Waals surface area contributed by atoms with E-state index in [1.165, 1.54) is 38.5 Å². The van der Waals surface area contributed by atoms with Crippen molar-refractivity contribution in [2.45, 2.75) is 100 Å². The first-order valence-corrected chi connectivity index (χ1v) is 13.9. The third-order valence-electron chi connectivity index (χ3n) is 6.62. The van der Waals surface area contributed by atoms with Crippen molar-refractivity contribution in [2.75, 3.05) is 0 Å². The molecule has 0 bridgehead atoms. The van der Waals surface area contributed by atoms with Gasteiger partial charge in [-0.25, -0.2) is 24.3 Å². The van der Waals surface area contributed by atoms with Crippen LogP contribution in [-0.2, 0) is 17.1 Å². The monoisotopic (exact) mass is 442 g/mol. The molecule has 0 saturated carbocycles. The van der Waals surface area contributed by atoms with Gasteiger partial charge in [0.2, 0.25) is 0 Å². The maximum atomic E-state index is 3.48. The predicted octanol–water partition coefficient (Wildman–Crippen LogP) is 7.45. The van der Waals surface area contributed by atoms with Crippen molar-refractivity contribution >= 4 is 15.8 Å². The molecular formula is C24H36FeP2. The van der Waals surface area contributed by atoms with Crippen LogP contribution in [0.25, 0.3) is 0 Å². The fraction of sp³-hybridized carbons (Fsp3) is 0.667. The van der Waals surface area contributed by atoms with E-state index >= 15 is 0 Å². The smallest absolute Gasteiger partial charge is 0.265 e. The Balaban J connectivity index is 0.000000187. The average molecular weight is 442 g/mol. The molecular weight excluding hydrogens is 406 g/mol. The van der Waals surface area contributed by atoms with E-state index in [4.69, 9.17) is 0 Å². The summed E-state index contributed by atoms with van der Waals surface area (Å²) in [5, 5.41) is 0. The number of hydrogen-bond acceptors (Lipinski definition) is 0. The quantitative estimate of drug-likeness (QED) is 0.228. The molecule has 27 heavy (non-hydrogen) atoms. The second-order valence-corrected chi connectivity index (χ2v) is 13.8. The molecule has 0 nitrogen and oxygen atoms in total. The number of hydrogen-bond donors (Lipinski definition) is 0. The van der Waals surface area contributed by atoms with Gasteiger partial charge in [-0.15, -0.1) is 15.8 Å². The molecule has 150 valence electrons. The standard InChI is InChI=1S/2C12H18P.Fe/c2*1-3-10-9-11(4-2)13(10)12-7-5-6-8-12;/h2*5-7,10-12H,3-4,9H2,1-2H3;/q2*-1;+2/t2*10-,11-,12?;/m00./s1. The van der Waals surface area contributed by atoms with Crippen molar-refractivity contribution in [1.82, 2.24) is 0 Å². The Bertz CT molecular complexity index is 471. The Morgan fingerprint density at radius 1 is 0.667 bits per heavy atom. The van der Waals surface area contributed by atoms with Gasteiger partial charge in [0.1, 0.15) is 0 Å². The summed E-state index contributed by atoms with van der Waals surface area (Å²) < 4.78 is 0. The van der Waals surface area contributed by atoms with Gasteiger partial charge in [-0.05, 0) is 61.2 Å². The van der Waals surface area contributed by atoms with Gasteiger partial charge in [0.15, 0.2) is 0 Å². The van der Waals surface area contributed by atoms with Crippen molar-refractivity contribution in [2.24, 2.45) is 0 Å². The van der Waals surface area contributed by atoms with Crippen molar-refractivity contribution in [1.29, 1.82) is 0 Å². The van der Waals surface area contributed by atoms with Gasteiger partial charge in [-0.3, -0.25) is 12.2 Å². The zero-order valence-electron chi connectivity index (χ0n) is 17.4. The molecule has 0 aromatic rings. The van der Waals surface area contributed by atoms with Gasteiger partial charge in [-0.1, -0.05) is 39.0 Å². The predicted molar refractivity (Wildman–Crippen MR) is 121 cm³/mol. The van der Waals surface area contributed by atoms with E-state index in [1.54, 1.807) is 0 Å². The minimum atomic E-state index is 0. The van der Waals surface area contributed by atoms with E-state index in [2.05, 4.69) is 76.3 Å². The van der Waals surface area contributed by atoms with Crippen LogP contribution in [0.4, 0.5) is 0 Å². The van der Waals surface area contributed by atoms with Gasteiger partial charge in [-0.2, -0.15) is 12.2 Å². The van der Waals surface area contributed by atoms with Crippen molar-refractivity contribution in [3.05, 3.63) is 48.6 Å². The molecule has 2 aliphatic carbocycles. The molecule has 0 amide bonds. The topological polar surface area (TPSA) is 0 Å². The van der Waals surface area contributed by atoms with Crippen LogP contribution in [0.3, 0.4) is 0 Å². The van der Waals surface area contributed by atoms with Crippen LogP contribution in [0, 0.1) is 12.2 Å². The molecule has 4 rings (SSSR count). The molecule has 4 aliphatic rings. The summed E-state index contributed by atoms with van der Waals surface area (Å²) in [6.45, 7) is 9.37. The van der Waals surface area contributed by atoms with E-state index < -0.39 is 0 Å². The van der Waals surface area contributed by atoms with Gasteiger partial charge >= 0.3 is 17.1 Å². The maximum Gasteiger partial charge on any atom is 2.00 e. The first kappa shape index (κ1) is 23.6. The zero-order chi connectivity index (χ0) is 18.5. The molecule has 3 heteroatoms. The normalized spacial score (nSPS) is 36.7. The van der Waals surface area contributed by atoms with E-state index in [-0.39, 0.29) is 32.9 Å². The summed E-state index contributed by atoms with van der Waals surface area (Å²) in [6, 6.07) is 0. The van der Waals surface area contributed by atoms with Crippen LogP contribution in [-0.4, -0.2) is 34.0 Å². The maximum absolute atomic E-state index is 3.48. The van der Waals surface area contributed by atoms with E-state index in [0.29, 0.717) is 11.3 Å². The van der Waals surface area contributed by atoms with Crippen LogP contribution < -0.4 is 0 Å². The minimum absolute atomic E-state index is 0. The van der Waals surface area contributed by atoms with Crippen molar-refractivity contribution < 1.29 is 17.1 Å². The van der Waals surface area contributed by atoms with E-state index in [9.17, 15) is 0 Å². The third kappa shape index (κ3) is 5.28. The fourth-order valence-corrected chi connectivity index (χ4v) is 12.0. The summed E-state index contributed by atoms with van der Waals surface area (Å²) in [4.78, 5) is 0. The second-order valence-electron chi connectivity index (χ2n) is 7.94. The van der Waals surface area contributed by atoms with Crippen molar-refractivity contribution in [3.63, 3.8) is 0 Å². The van der Waals surface area contributed by atoms with Crippen LogP contribution in [0.5, 0.6) is 0 Å². The SMILES string of the molecule is CC[C@H]1C[C@H](CC)P1C1[C-]=CC=C1.CC[C@H]1C[C@H](CC)P1C1[C-]=CC=C1.[Fe+2]. The van der Waals surface area contributed by atoms with Crippen LogP contribution in [0.1, 0.15) is 66.2 Å². The van der Waals surface area contributed by atoms with E-state index in [0.717, 1.165) is 22.6 Å². The molecule has 0 aromatic heterocycles. The van der Waals surface area contributed by atoms with Gasteiger partial charge < -0.3 is 0 Å². The third-order valence-corrected chi connectivity index (χ3v) is 14.2. The Morgan fingerprint density at radius 2 is 1.00 bits per heavy atom. The molecule has 0 radical (unpaired) electrons. The first-order chi connectivity index (χ1) is 12.7. The summed E-state index contributed by atoms with van der Waals surface area (Å²) >= 11 is 0. The Hall–Kier alpha value is 0.339. The summed E-state index contributed by atoms with van der Waals surface area (Å²) in [5.74, 6) is 0. The molecule has 2 heterocycles. The molecule has 0 spiro atoms. The number of allylic oxidation sites excluding steroid dienone is 8. The minimum Gasteiger partial charge on any atom is -0.265 e. The van der Waals surface area contributed by atoms with Gasteiger partial charge in [0.25, 0.3) is 0 Å². The molecule has 2 aliphatic heterocycles. The first-order valence-electron chi connectivity index (χ1n) is 10.8. The average Bonchev–Trinajstić information content (AvgIpc) is 3.30. The van der Waals surface area contributed by atoms with Crippen molar-refractivity contribution in [3.8, 4) is 0 Å². The molecule has 2 saturated heterocycles. The molecule has 2 unspecified atom stereocenters. The van der Waals surface area contributed by atoms with Crippen LogP contribution in [0.15, 0.2) is 36.5 Å². The van der Waals surface area contributed by atoms with Crippen LogP contribution >= 0.6 is 15.8 Å². The Kier molecular flexibility index (Phi) is 10.1. The summed E-state index contributed by atoms with van der Waals surface area (Å²) in [6.07, 6.45) is 28.7. The summed E-state index contributed by atoms with van der Waals surface area (Å²) in [7, 11) is 0.490. The molecule has 2 fully saturated rings. The molecule has 6 atom stereocenters. The Morgan fingerprint density at radius 3 is 1.22 bits per heavy atom.